The Bertz CT molecular complexity index is 459. The fraction of sp³-hybridized carbons (Fsp3) is 0.733. The standard InChI is InChI=1S/C15H29N5O.HI/c1-7-21-9-8-17-15(16-4)19(5)10-13-11-20(6)18-14(13)12(2)3;/h11-12H,7-10H2,1-6H3,(H,16,17);1H. The molecule has 6 nitrogen and oxygen atoms in total. The van der Waals surface area contributed by atoms with Crippen LogP contribution in [0.1, 0.15) is 37.9 Å². The van der Waals surface area contributed by atoms with Crippen molar-refractivity contribution in [1.29, 1.82) is 0 Å². The molecule has 0 fully saturated rings. The summed E-state index contributed by atoms with van der Waals surface area (Å²) >= 11 is 0. The summed E-state index contributed by atoms with van der Waals surface area (Å²) in [6.45, 7) is 9.31. The van der Waals surface area contributed by atoms with E-state index in [2.05, 4.69) is 40.4 Å². The summed E-state index contributed by atoms with van der Waals surface area (Å²) in [5.74, 6) is 1.29. The number of hydrogen-bond donors (Lipinski definition) is 1. The van der Waals surface area contributed by atoms with Gasteiger partial charge < -0.3 is 15.0 Å². The number of rotatable bonds is 7. The lowest BCUT2D eigenvalue weighted by Crippen LogP contribution is -2.40. The van der Waals surface area contributed by atoms with E-state index in [1.54, 1.807) is 7.05 Å². The van der Waals surface area contributed by atoms with E-state index in [0.29, 0.717) is 12.5 Å². The van der Waals surface area contributed by atoms with Crippen molar-refractivity contribution in [3.05, 3.63) is 17.5 Å². The van der Waals surface area contributed by atoms with Crippen LogP contribution in [0, 0.1) is 0 Å². The number of nitrogens with zero attached hydrogens (tertiary/aromatic N) is 4. The van der Waals surface area contributed by atoms with Gasteiger partial charge in [0, 0.05) is 52.6 Å². The smallest absolute Gasteiger partial charge is 0.193 e. The first-order chi connectivity index (χ1) is 9.99. The summed E-state index contributed by atoms with van der Waals surface area (Å²) in [6, 6.07) is 0. The third-order valence-electron chi connectivity index (χ3n) is 3.20. The molecule has 128 valence electrons. The summed E-state index contributed by atoms with van der Waals surface area (Å²) in [4.78, 5) is 6.42. The molecular weight excluding hydrogens is 393 g/mol. The van der Waals surface area contributed by atoms with Gasteiger partial charge in [-0.25, -0.2) is 0 Å². The number of aliphatic imine (C=N–C) groups is 1. The molecule has 1 rings (SSSR count). The third kappa shape index (κ3) is 6.51. The number of aromatic nitrogens is 2. The van der Waals surface area contributed by atoms with Crippen LogP contribution < -0.4 is 5.32 Å². The Morgan fingerprint density at radius 3 is 2.73 bits per heavy atom. The van der Waals surface area contributed by atoms with E-state index >= 15 is 0 Å². The van der Waals surface area contributed by atoms with E-state index in [0.717, 1.165) is 31.3 Å². The Kier molecular flexibility index (Phi) is 10.4. The quantitative estimate of drug-likeness (QED) is 0.316. The highest BCUT2D eigenvalue weighted by atomic mass is 127. The van der Waals surface area contributed by atoms with Crippen molar-refractivity contribution in [3.63, 3.8) is 0 Å². The summed E-state index contributed by atoms with van der Waals surface area (Å²) < 4.78 is 7.21. The first kappa shape index (κ1) is 21.2. The molecule has 7 heteroatoms. The van der Waals surface area contributed by atoms with Gasteiger partial charge in [-0.1, -0.05) is 13.8 Å². The van der Waals surface area contributed by atoms with E-state index in [-0.39, 0.29) is 24.0 Å². The summed E-state index contributed by atoms with van der Waals surface area (Å²) in [7, 11) is 5.80. The second kappa shape index (κ2) is 10.8. The van der Waals surface area contributed by atoms with Crippen molar-refractivity contribution >= 4 is 29.9 Å². The number of aryl methyl sites for hydroxylation is 1. The Morgan fingerprint density at radius 2 is 2.18 bits per heavy atom. The predicted octanol–water partition coefficient (Wildman–Crippen LogP) is 2.21. The van der Waals surface area contributed by atoms with Gasteiger partial charge in [0.25, 0.3) is 0 Å². The molecule has 0 aromatic carbocycles. The zero-order valence-electron chi connectivity index (χ0n) is 14.6. The lowest BCUT2D eigenvalue weighted by atomic mass is 10.1. The molecular formula is C15H30IN5O. The molecule has 0 saturated heterocycles. The fourth-order valence-electron chi connectivity index (χ4n) is 2.26. The zero-order valence-corrected chi connectivity index (χ0v) is 16.9. The Balaban J connectivity index is 0.00000441. The number of nitrogens with one attached hydrogen (secondary N) is 1. The largest absolute Gasteiger partial charge is 0.380 e. The van der Waals surface area contributed by atoms with Gasteiger partial charge in [0.05, 0.1) is 12.3 Å². The van der Waals surface area contributed by atoms with Gasteiger partial charge in [0.1, 0.15) is 0 Å². The maximum atomic E-state index is 5.33. The van der Waals surface area contributed by atoms with Crippen molar-refractivity contribution in [2.75, 3.05) is 33.9 Å². The van der Waals surface area contributed by atoms with Gasteiger partial charge in [-0.15, -0.1) is 24.0 Å². The number of halogens is 1. The normalized spacial score (nSPS) is 11.5. The monoisotopic (exact) mass is 423 g/mol. The highest BCUT2D eigenvalue weighted by molar-refractivity contribution is 14.0. The average Bonchev–Trinajstić information content (AvgIpc) is 2.79. The van der Waals surface area contributed by atoms with E-state index in [4.69, 9.17) is 4.74 Å². The first-order valence-electron chi connectivity index (χ1n) is 7.51. The highest BCUT2D eigenvalue weighted by Gasteiger charge is 2.14. The van der Waals surface area contributed by atoms with Crippen molar-refractivity contribution in [3.8, 4) is 0 Å². The van der Waals surface area contributed by atoms with Crippen LogP contribution in [0.4, 0.5) is 0 Å². The minimum absolute atomic E-state index is 0. The molecule has 0 spiro atoms. The minimum Gasteiger partial charge on any atom is -0.380 e. The van der Waals surface area contributed by atoms with Gasteiger partial charge >= 0.3 is 0 Å². The van der Waals surface area contributed by atoms with Crippen LogP contribution in [0.3, 0.4) is 0 Å². The van der Waals surface area contributed by atoms with Crippen LogP contribution in [0.2, 0.25) is 0 Å². The van der Waals surface area contributed by atoms with Crippen molar-refractivity contribution < 1.29 is 4.74 Å². The van der Waals surface area contributed by atoms with Crippen LogP contribution in [0.5, 0.6) is 0 Å². The topological polar surface area (TPSA) is 54.7 Å². The van der Waals surface area contributed by atoms with Crippen LogP contribution in [0.15, 0.2) is 11.2 Å². The maximum absolute atomic E-state index is 5.33. The molecule has 0 bridgehead atoms. The van der Waals surface area contributed by atoms with E-state index in [1.165, 1.54) is 5.56 Å². The van der Waals surface area contributed by atoms with Crippen LogP contribution in [-0.4, -0.2) is 54.5 Å². The summed E-state index contributed by atoms with van der Waals surface area (Å²) in [6.07, 6.45) is 2.08. The van der Waals surface area contributed by atoms with Gasteiger partial charge in [0.2, 0.25) is 0 Å². The second-order valence-electron chi connectivity index (χ2n) is 5.39. The van der Waals surface area contributed by atoms with E-state index in [1.807, 2.05) is 25.7 Å². The van der Waals surface area contributed by atoms with Crippen molar-refractivity contribution in [1.82, 2.24) is 20.0 Å². The minimum atomic E-state index is 0. The van der Waals surface area contributed by atoms with Crippen molar-refractivity contribution in [2.24, 2.45) is 12.0 Å². The molecule has 0 aliphatic rings. The fourth-order valence-corrected chi connectivity index (χ4v) is 2.26. The zero-order chi connectivity index (χ0) is 15.8. The molecule has 0 atom stereocenters. The van der Waals surface area contributed by atoms with Gasteiger partial charge in [-0.05, 0) is 12.8 Å². The molecule has 1 aromatic heterocycles. The van der Waals surface area contributed by atoms with E-state index in [9.17, 15) is 0 Å². The third-order valence-corrected chi connectivity index (χ3v) is 3.20. The molecule has 0 saturated carbocycles. The molecule has 0 unspecified atom stereocenters. The van der Waals surface area contributed by atoms with Gasteiger partial charge in [-0.2, -0.15) is 5.10 Å². The molecule has 0 amide bonds. The van der Waals surface area contributed by atoms with Crippen LogP contribution in [0.25, 0.3) is 0 Å². The van der Waals surface area contributed by atoms with Crippen LogP contribution >= 0.6 is 24.0 Å². The number of ether oxygens (including phenoxy) is 1. The lowest BCUT2D eigenvalue weighted by Gasteiger charge is -2.22. The van der Waals surface area contributed by atoms with Gasteiger partial charge in [-0.3, -0.25) is 9.67 Å². The van der Waals surface area contributed by atoms with Crippen molar-refractivity contribution in [2.45, 2.75) is 33.2 Å². The average molecular weight is 423 g/mol. The SMILES string of the molecule is CCOCCNC(=NC)N(C)Cc1cn(C)nc1C(C)C.I. The van der Waals surface area contributed by atoms with E-state index < -0.39 is 0 Å². The molecule has 22 heavy (non-hydrogen) atoms. The molecule has 1 aromatic rings. The number of hydrogen-bond acceptors (Lipinski definition) is 3. The highest BCUT2D eigenvalue weighted by Crippen LogP contribution is 2.18. The molecule has 1 heterocycles. The van der Waals surface area contributed by atoms with Crippen LogP contribution in [-0.2, 0) is 18.3 Å². The second-order valence-corrected chi connectivity index (χ2v) is 5.39. The maximum Gasteiger partial charge on any atom is 0.193 e. The Hall–Kier alpha value is -0.830. The molecule has 0 radical (unpaired) electrons. The Morgan fingerprint density at radius 1 is 1.50 bits per heavy atom. The Labute approximate surface area is 151 Å². The molecule has 1 N–H and O–H groups in total. The molecule has 0 aliphatic carbocycles. The molecule has 0 aliphatic heterocycles. The summed E-state index contributed by atoms with van der Waals surface area (Å²) in [5, 5.41) is 7.85. The van der Waals surface area contributed by atoms with Gasteiger partial charge in [0.15, 0.2) is 5.96 Å². The summed E-state index contributed by atoms with van der Waals surface area (Å²) in [5.41, 5.74) is 2.39. The number of guanidine groups is 1. The lowest BCUT2D eigenvalue weighted by molar-refractivity contribution is 0.152. The first-order valence-corrected chi connectivity index (χ1v) is 7.51. The predicted molar refractivity (Wildman–Crippen MR) is 102 cm³/mol.